The number of hydrogen-bond acceptors (Lipinski definition) is 2. The standard InChI is InChI=1S/C18H19NO3/c1-9-2-4-10(5-3-9)19-17(20)15-11-6-7-12(14-8-13(11)14)16(15)18(21)22/h2-7,11-16H,8H2,1H3,(H,19,20)(H,21,22)/t11-,12-,13-,14-,15+,16+/m0/s1. The Bertz CT molecular complexity index is 663. The van der Waals surface area contributed by atoms with Gasteiger partial charge in [0.25, 0.3) is 0 Å². The predicted molar refractivity (Wildman–Crippen MR) is 82.1 cm³/mol. The fraction of sp³-hybridized carbons (Fsp3) is 0.444. The average Bonchev–Trinajstić information content (AvgIpc) is 3.30. The predicted octanol–water partition coefficient (Wildman–Crippen LogP) is 2.70. The number of aryl methyl sites for hydroxylation is 1. The summed E-state index contributed by atoms with van der Waals surface area (Å²) in [5.41, 5.74) is 1.86. The number of amides is 1. The van der Waals surface area contributed by atoms with Crippen LogP contribution in [0, 0.1) is 42.4 Å². The Kier molecular flexibility index (Phi) is 2.90. The number of anilines is 1. The van der Waals surface area contributed by atoms with Gasteiger partial charge in [0.15, 0.2) is 0 Å². The van der Waals surface area contributed by atoms with Crippen LogP contribution in [0.2, 0.25) is 0 Å². The summed E-state index contributed by atoms with van der Waals surface area (Å²) in [5.74, 6) is -0.904. The van der Waals surface area contributed by atoms with E-state index in [4.69, 9.17) is 0 Å². The molecule has 1 amide bonds. The maximum Gasteiger partial charge on any atom is 0.307 e. The molecule has 2 saturated carbocycles. The lowest BCUT2D eigenvalue weighted by atomic mass is 9.62. The Morgan fingerprint density at radius 3 is 2.23 bits per heavy atom. The molecule has 0 radical (unpaired) electrons. The summed E-state index contributed by atoms with van der Waals surface area (Å²) >= 11 is 0. The molecule has 114 valence electrons. The van der Waals surface area contributed by atoms with Crippen LogP contribution in [0.15, 0.2) is 36.4 Å². The van der Waals surface area contributed by atoms with Gasteiger partial charge in [0.05, 0.1) is 11.8 Å². The average molecular weight is 297 g/mol. The summed E-state index contributed by atoms with van der Waals surface area (Å²) in [6.07, 6.45) is 5.19. The summed E-state index contributed by atoms with van der Waals surface area (Å²) in [4.78, 5) is 24.4. The normalized spacial score (nSPS) is 37.5. The van der Waals surface area contributed by atoms with Crippen molar-refractivity contribution in [1.82, 2.24) is 0 Å². The van der Waals surface area contributed by atoms with E-state index in [1.807, 2.05) is 37.3 Å². The number of aliphatic carboxylic acids is 1. The summed E-state index contributed by atoms with van der Waals surface area (Å²) in [6, 6.07) is 7.60. The Morgan fingerprint density at radius 2 is 1.64 bits per heavy atom. The summed E-state index contributed by atoms with van der Waals surface area (Å²) in [7, 11) is 0. The molecule has 0 spiro atoms. The molecule has 1 aromatic rings. The van der Waals surface area contributed by atoms with Gasteiger partial charge in [-0.3, -0.25) is 9.59 Å². The highest BCUT2D eigenvalue weighted by molar-refractivity contribution is 5.96. The van der Waals surface area contributed by atoms with Crippen molar-refractivity contribution in [1.29, 1.82) is 0 Å². The number of carboxylic acid groups (broad SMARTS) is 1. The first kappa shape index (κ1) is 13.6. The molecular weight excluding hydrogens is 278 g/mol. The van der Waals surface area contributed by atoms with Crippen LogP contribution in [-0.4, -0.2) is 17.0 Å². The van der Waals surface area contributed by atoms with Crippen LogP contribution in [0.3, 0.4) is 0 Å². The van der Waals surface area contributed by atoms with Crippen LogP contribution in [0.5, 0.6) is 0 Å². The number of carbonyl (C=O) groups is 2. The topological polar surface area (TPSA) is 66.4 Å². The van der Waals surface area contributed by atoms with Gasteiger partial charge >= 0.3 is 5.97 Å². The van der Waals surface area contributed by atoms with Gasteiger partial charge < -0.3 is 10.4 Å². The van der Waals surface area contributed by atoms with Crippen LogP contribution < -0.4 is 5.32 Å². The van der Waals surface area contributed by atoms with Gasteiger partial charge in [-0.05, 0) is 49.1 Å². The maximum absolute atomic E-state index is 12.7. The fourth-order valence-corrected chi connectivity index (χ4v) is 4.43. The molecule has 4 aliphatic rings. The molecule has 5 rings (SSSR count). The minimum atomic E-state index is -0.839. The van der Waals surface area contributed by atoms with Crippen molar-refractivity contribution >= 4 is 17.6 Å². The van der Waals surface area contributed by atoms with Crippen LogP contribution >= 0.6 is 0 Å². The van der Waals surface area contributed by atoms with Crippen molar-refractivity contribution in [2.24, 2.45) is 35.5 Å². The van der Waals surface area contributed by atoms with Gasteiger partial charge in [0.1, 0.15) is 0 Å². The number of nitrogens with one attached hydrogen (secondary N) is 1. The van der Waals surface area contributed by atoms with Crippen molar-refractivity contribution < 1.29 is 14.7 Å². The molecule has 1 aromatic carbocycles. The van der Waals surface area contributed by atoms with Gasteiger partial charge in [-0.2, -0.15) is 0 Å². The number of hydrogen-bond donors (Lipinski definition) is 2. The first-order chi connectivity index (χ1) is 10.6. The van der Waals surface area contributed by atoms with E-state index in [-0.39, 0.29) is 17.7 Å². The molecule has 6 atom stereocenters. The van der Waals surface area contributed by atoms with Crippen LogP contribution in [0.4, 0.5) is 5.69 Å². The molecule has 4 heteroatoms. The van der Waals surface area contributed by atoms with Gasteiger partial charge in [0, 0.05) is 5.69 Å². The number of rotatable bonds is 3. The molecule has 2 fully saturated rings. The fourth-order valence-electron chi connectivity index (χ4n) is 4.43. The van der Waals surface area contributed by atoms with Crippen molar-refractivity contribution in [3.63, 3.8) is 0 Å². The largest absolute Gasteiger partial charge is 0.481 e. The SMILES string of the molecule is Cc1ccc(NC(=O)[C@@H]2[C@H]3C=C[C@@H]([C@@H]4C[C@@H]34)[C@H]2C(=O)O)cc1. The zero-order valence-electron chi connectivity index (χ0n) is 12.4. The molecule has 0 unspecified atom stereocenters. The third kappa shape index (κ3) is 1.97. The Labute approximate surface area is 129 Å². The maximum atomic E-state index is 12.7. The number of benzene rings is 1. The zero-order valence-corrected chi connectivity index (χ0v) is 12.4. The van der Waals surface area contributed by atoms with Gasteiger partial charge in [-0.1, -0.05) is 29.8 Å². The number of allylic oxidation sites excluding steroid dienone is 2. The smallest absolute Gasteiger partial charge is 0.307 e. The van der Waals surface area contributed by atoms with E-state index in [0.717, 1.165) is 17.7 Å². The van der Waals surface area contributed by atoms with Crippen molar-refractivity contribution in [3.05, 3.63) is 42.0 Å². The molecule has 2 bridgehead atoms. The highest BCUT2D eigenvalue weighted by Crippen LogP contribution is 2.63. The molecule has 2 N–H and O–H groups in total. The van der Waals surface area contributed by atoms with Crippen molar-refractivity contribution in [2.75, 3.05) is 5.32 Å². The third-order valence-corrected chi connectivity index (χ3v) is 5.56. The Hall–Kier alpha value is -2.10. The van der Waals surface area contributed by atoms with Crippen LogP contribution in [0.25, 0.3) is 0 Å². The summed E-state index contributed by atoms with van der Waals surface area (Å²) in [6.45, 7) is 1.99. The minimum absolute atomic E-state index is 0.0290. The lowest BCUT2D eigenvalue weighted by Crippen LogP contribution is -2.48. The van der Waals surface area contributed by atoms with E-state index in [1.165, 1.54) is 0 Å². The molecule has 0 aromatic heterocycles. The third-order valence-electron chi connectivity index (χ3n) is 5.56. The minimum Gasteiger partial charge on any atom is -0.481 e. The second-order valence-electron chi connectivity index (χ2n) is 6.85. The Balaban J connectivity index is 1.60. The van der Waals surface area contributed by atoms with E-state index < -0.39 is 17.8 Å². The van der Waals surface area contributed by atoms with E-state index in [0.29, 0.717) is 11.8 Å². The summed E-state index contributed by atoms with van der Waals surface area (Å²) < 4.78 is 0. The van der Waals surface area contributed by atoms with E-state index in [1.54, 1.807) is 0 Å². The quantitative estimate of drug-likeness (QED) is 0.843. The molecule has 0 aliphatic heterocycles. The first-order valence-corrected chi connectivity index (χ1v) is 7.85. The van der Waals surface area contributed by atoms with Crippen molar-refractivity contribution in [3.8, 4) is 0 Å². The molecular formula is C18H19NO3. The molecule has 0 heterocycles. The second kappa shape index (κ2) is 4.70. The number of fused-ring (bicyclic) bond motifs is 1. The Morgan fingerprint density at radius 1 is 1.05 bits per heavy atom. The molecule has 4 nitrogen and oxygen atoms in total. The van der Waals surface area contributed by atoms with E-state index in [2.05, 4.69) is 11.4 Å². The van der Waals surface area contributed by atoms with Gasteiger partial charge in [0.2, 0.25) is 5.91 Å². The van der Waals surface area contributed by atoms with Gasteiger partial charge in [-0.25, -0.2) is 0 Å². The van der Waals surface area contributed by atoms with Crippen LogP contribution in [-0.2, 0) is 9.59 Å². The lowest BCUT2D eigenvalue weighted by Gasteiger charge is -2.41. The van der Waals surface area contributed by atoms with E-state index in [9.17, 15) is 14.7 Å². The van der Waals surface area contributed by atoms with Gasteiger partial charge in [-0.15, -0.1) is 0 Å². The molecule has 0 saturated heterocycles. The van der Waals surface area contributed by atoms with E-state index >= 15 is 0 Å². The second-order valence-corrected chi connectivity index (χ2v) is 6.85. The lowest BCUT2D eigenvalue weighted by molar-refractivity contribution is -0.152. The monoisotopic (exact) mass is 297 g/mol. The highest BCUT2D eigenvalue weighted by Gasteiger charge is 2.62. The molecule has 4 aliphatic carbocycles. The number of carbonyl (C=O) groups excluding carboxylic acids is 1. The van der Waals surface area contributed by atoms with Crippen molar-refractivity contribution in [2.45, 2.75) is 13.3 Å². The number of carboxylic acids is 1. The molecule has 22 heavy (non-hydrogen) atoms. The summed E-state index contributed by atoms with van der Waals surface area (Å²) in [5, 5.41) is 12.5. The first-order valence-electron chi connectivity index (χ1n) is 7.85. The highest BCUT2D eigenvalue weighted by atomic mass is 16.4. The van der Waals surface area contributed by atoms with Crippen LogP contribution in [0.1, 0.15) is 12.0 Å². The zero-order chi connectivity index (χ0) is 15.4.